The van der Waals surface area contributed by atoms with Crippen molar-refractivity contribution in [1.29, 1.82) is 0 Å². The second-order valence-corrected chi connectivity index (χ2v) is 4.12. The number of hydrogen-bond acceptors (Lipinski definition) is 2. The van der Waals surface area contributed by atoms with Crippen LogP contribution in [0.4, 0.5) is 0 Å². The summed E-state index contributed by atoms with van der Waals surface area (Å²) in [6, 6.07) is 5.39. The zero-order valence-electron chi connectivity index (χ0n) is 10.6. The SMILES string of the molecule is CCc1cc(Cn2cccc2C(=O)O)n(CC)n1. The van der Waals surface area contributed by atoms with Crippen LogP contribution in [0, 0.1) is 0 Å². The van der Waals surface area contributed by atoms with Gasteiger partial charge in [-0.3, -0.25) is 4.68 Å². The Kier molecular flexibility index (Phi) is 3.50. The predicted octanol–water partition coefficient (Wildman–Crippen LogP) is 2.01. The lowest BCUT2D eigenvalue weighted by Gasteiger charge is -2.07. The highest BCUT2D eigenvalue weighted by Gasteiger charge is 2.11. The van der Waals surface area contributed by atoms with Gasteiger partial charge in [0.05, 0.1) is 17.9 Å². The number of hydrogen-bond donors (Lipinski definition) is 1. The van der Waals surface area contributed by atoms with Crippen LogP contribution in [0.15, 0.2) is 24.4 Å². The number of aromatic nitrogens is 3. The summed E-state index contributed by atoms with van der Waals surface area (Å²) in [5.41, 5.74) is 2.38. The van der Waals surface area contributed by atoms with Gasteiger partial charge in [0.2, 0.25) is 0 Å². The first kappa shape index (κ1) is 12.4. The average molecular weight is 247 g/mol. The Morgan fingerprint density at radius 3 is 2.83 bits per heavy atom. The summed E-state index contributed by atoms with van der Waals surface area (Å²) < 4.78 is 3.65. The maximum atomic E-state index is 11.0. The van der Waals surface area contributed by atoms with Crippen molar-refractivity contribution in [2.24, 2.45) is 0 Å². The fourth-order valence-electron chi connectivity index (χ4n) is 2.01. The Bertz CT molecular complexity index is 554. The van der Waals surface area contributed by atoms with Crippen LogP contribution in [0.25, 0.3) is 0 Å². The number of nitrogens with zero attached hydrogens (tertiary/aromatic N) is 3. The Morgan fingerprint density at radius 1 is 1.44 bits per heavy atom. The molecule has 5 nitrogen and oxygen atoms in total. The van der Waals surface area contributed by atoms with Crippen LogP contribution >= 0.6 is 0 Å². The van der Waals surface area contributed by atoms with E-state index in [-0.39, 0.29) is 0 Å². The molecule has 0 radical (unpaired) electrons. The van der Waals surface area contributed by atoms with Gasteiger partial charge in [-0.05, 0) is 31.5 Å². The van der Waals surface area contributed by atoms with E-state index >= 15 is 0 Å². The summed E-state index contributed by atoms with van der Waals surface area (Å²) in [5, 5.41) is 13.5. The van der Waals surface area contributed by atoms with E-state index in [0.29, 0.717) is 12.2 Å². The second-order valence-electron chi connectivity index (χ2n) is 4.12. The minimum atomic E-state index is -0.904. The van der Waals surface area contributed by atoms with Crippen molar-refractivity contribution < 1.29 is 9.90 Å². The first-order valence-electron chi connectivity index (χ1n) is 6.09. The monoisotopic (exact) mass is 247 g/mol. The molecule has 0 bridgehead atoms. The van der Waals surface area contributed by atoms with Crippen molar-refractivity contribution in [2.45, 2.75) is 33.4 Å². The molecule has 0 atom stereocenters. The van der Waals surface area contributed by atoms with E-state index in [4.69, 9.17) is 5.11 Å². The van der Waals surface area contributed by atoms with Gasteiger partial charge < -0.3 is 9.67 Å². The van der Waals surface area contributed by atoms with Gasteiger partial charge in [-0.2, -0.15) is 5.10 Å². The third kappa shape index (κ3) is 2.30. The second kappa shape index (κ2) is 5.08. The molecule has 0 aliphatic heterocycles. The van der Waals surface area contributed by atoms with E-state index < -0.39 is 5.97 Å². The van der Waals surface area contributed by atoms with Gasteiger partial charge in [0.15, 0.2) is 0 Å². The molecule has 0 unspecified atom stereocenters. The van der Waals surface area contributed by atoms with Gasteiger partial charge >= 0.3 is 5.97 Å². The largest absolute Gasteiger partial charge is 0.477 e. The highest BCUT2D eigenvalue weighted by Crippen LogP contribution is 2.11. The van der Waals surface area contributed by atoms with E-state index in [1.165, 1.54) is 0 Å². The van der Waals surface area contributed by atoms with Crippen molar-refractivity contribution in [1.82, 2.24) is 14.3 Å². The summed E-state index contributed by atoms with van der Waals surface area (Å²) in [7, 11) is 0. The number of carbonyl (C=O) groups is 1. The van der Waals surface area contributed by atoms with Gasteiger partial charge in [-0.1, -0.05) is 6.92 Å². The minimum absolute atomic E-state index is 0.303. The lowest BCUT2D eigenvalue weighted by molar-refractivity contribution is 0.0685. The zero-order valence-corrected chi connectivity index (χ0v) is 10.6. The minimum Gasteiger partial charge on any atom is -0.477 e. The Hall–Kier alpha value is -2.04. The lowest BCUT2D eigenvalue weighted by atomic mass is 10.3. The molecule has 2 rings (SSSR count). The maximum Gasteiger partial charge on any atom is 0.352 e. The van der Waals surface area contributed by atoms with Crippen molar-refractivity contribution in [2.75, 3.05) is 0 Å². The lowest BCUT2D eigenvalue weighted by Crippen LogP contribution is -2.12. The zero-order chi connectivity index (χ0) is 13.1. The molecule has 18 heavy (non-hydrogen) atoms. The molecule has 5 heteroatoms. The van der Waals surface area contributed by atoms with Crippen molar-refractivity contribution in [3.63, 3.8) is 0 Å². The molecular formula is C13H17N3O2. The van der Waals surface area contributed by atoms with E-state index in [1.807, 2.05) is 17.7 Å². The molecule has 0 spiro atoms. The molecule has 0 aliphatic rings. The molecule has 2 aromatic rings. The standard InChI is InChI=1S/C13H17N3O2/c1-3-10-8-11(16(4-2)14-10)9-15-7-5-6-12(15)13(17)18/h5-8H,3-4,9H2,1-2H3,(H,17,18). The van der Waals surface area contributed by atoms with Crippen LogP contribution in [-0.2, 0) is 19.5 Å². The molecule has 0 aromatic carbocycles. The molecular weight excluding hydrogens is 230 g/mol. The third-order valence-corrected chi connectivity index (χ3v) is 2.96. The van der Waals surface area contributed by atoms with Gasteiger partial charge in [-0.25, -0.2) is 4.79 Å². The van der Waals surface area contributed by atoms with Crippen molar-refractivity contribution >= 4 is 5.97 Å². The highest BCUT2D eigenvalue weighted by molar-refractivity contribution is 5.85. The van der Waals surface area contributed by atoms with E-state index in [1.54, 1.807) is 22.9 Å². The average Bonchev–Trinajstić information content (AvgIpc) is 2.95. The van der Waals surface area contributed by atoms with Gasteiger partial charge in [-0.15, -0.1) is 0 Å². The number of aryl methyl sites for hydroxylation is 2. The highest BCUT2D eigenvalue weighted by atomic mass is 16.4. The van der Waals surface area contributed by atoms with Crippen LogP contribution in [0.5, 0.6) is 0 Å². The molecule has 2 heterocycles. The van der Waals surface area contributed by atoms with E-state index in [2.05, 4.69) is 12.0 Å². The summed E-state index contributed by atoms with van der Waals surface area (Å²) in [5.74, 6) is -0.904. The fraction of sp³-hybridized carbons (Fsp3) is 0.385. The van der Waals surface area contributed by atoms with Gasteiger partial charge in [0, 0.05) is 12.7 Å². The molecule has 0 amide bonds. The first-order chi connectivity index (χ1) is 8.65. The molecule has 0 saturated carbocycles. The summed E-state index contributed by atoms with van der Waals surface area (Å²) in [6.45, 7) is 5.42. The molecule has 96 valence electrons. The van der Waals surface area contributed by atoms with Gasteiger partial charge in [0.25, 0.3) is 0 Å². The van der Waals surface area contributed by atoms with E-state index in [9.17, 15) is 4.79 Å². The first-order valence-corrected chi connectivity index (χ1v) is 6.09. The predicted molar refractivity (Wildman–Crippen MR) is 67.8 cm³/mol. The number of rotatable bonds is 5. The normalized spacial score (nSPS) is 10.8. The quantitative estimate of drug-likeness (QED) is 0.879. The van der Waals surface area contributed by atoms with Crippen LogP contribution in [0.3, 0.4) is 0 Å². The fourth-order valence-corrected chi connectivity index (χ4v) is 2.01. The molecule has 2 aromatic heterocycles. The van der Waals surface area contributed by atoms with Crippen LogP contribution in [0.2, 0.25) is 0 Å². The smallest absolute Gasteiger partial charge is 0.352 e. The van der Waals surface area contributed by atoms with Crippen LogP contribution in [-0.4, -0.2) is 25.4 Å². The molecule has 0 aliphatic carbocycles. The van der Waals surface area contributed by atoms with Crippen LogP contribution < -0.4 is 0 Å². The van der Waals surface area contributed by atoms with Crippen molar-refractivity contribution in [3.8, 4) is 0 Å². The molecule has 0 fully saturated rings. The van der Waals surface area contributed by atoms with E-state index in [0.717, 1.165) is 24.4 Å². The Balaban J connectivity index is 2.30. The summed E-state index contributed by atoms with van der Waals surface area (Å²) in [4.78, 5) is 11.0. The number of carboxylic acid groups (broad SMARTS) is 1. The Labute approximate surface area is 106 Å². The van der Waals surface area contributed by atoms with Crippen LogP contribution in [0.1, 0.15) is 35.7 Å². The molecule has 0 saturated heterocycles. The number of carboxylic acids is 1. The molecule has 1 N–H and O–H groups in total. The van der Waals surface area contributed by atoms with Crippen molar-refractivity contribution in [3.05, 3.63) is 41.5 Å². The maximum absolute atomic E-state index is 11.0. The topological polar surface area (TPSA) is 60.1 Å². The third-order valence-electron chi connectivity index (χ3n) is 2.96. The number of aromatic carboxylic acids is 1. The summed E-state index contributed by atoms with van der Waals surface area (Å²) >= 11 is 0. The summed E-state index contributed by atoms with van der Waals surface area (Å²) in [6.07, 6.45) is 2.67. The van der Waals surface area contributed by atoms with Gasteiger partial charge in [0.1, 0.15) is 5.69 Å². The Morgan fingerprint density at radius 2 is 2.22 bits per heavy atom.